The molecule has 0 bridgehead atoms. The van der Waals surface area contributed by atoms with Gasteiger partial charge in [-0.3, -0.25) is 9.40 Å². The van der Waals surface area contributed by atoms with E-state index in [1.807, 2.05) is 4.72 Å². The number of hydrogen-bond donors (Lipinski definition) is 2. The highest BCUT2D eigenvalue weighted by molar-refractivity contribution is 7.92. The molecule has 0 aliphatic rings. The van der Waals surface area contributed by atoms with Gasteiger partial charge in [-0.15, -0.1) is 0 Å². The summed E-state index contributed by atoms with van der Waals surface area (Å²) in [5.41, 5.74) is -0.954. The minimum Gasteiger partial charge on any atom is -0.453 e. The van der Waals surface area contributed by atoms with Gasteiger partial charge >= 0.3 is 6.09 Å². The average Bonchev–Trinajstić information content (AvgIpc) is 3.30. The van der Waals surface area contributed by atoms with Gasteiger partial charge in [0.1, 0.15) is 11.5 Å². The molecule has 0 fully saturated rings. The summed E-state index contributed by atoms with van der Waals surface area (Å²) in [4.78, 5) is 20.0. The first-order chi connectivity index (χ1) is 19.2. The van der Waals surface area contributed by atoms with E-state index in [9.17, 15) is 13.2 Å². The second-order valence-electron chi connectivity index (χ2n) is 7.71. The number of carbonyl (C=O) groups is 1. The van der Waals surface area contributed by atoms with Crippen molar-refractivity contribution in [3.8, 4) is 22.5 Å². The zero-order valence-electron chi connectivity index (χ0n) is 25.8. The fourth-order valence-corrected chi connectivity index (χ4v) is 3.90. The van der Waals surface area contributed by atoms with Crippen molar-refractivity contribution in [2.75, 3.05) is 18.1 Å². The first kappa shape index (κ1) is 19.9. The number of nitrogens with zero attached hydrogens (tertiary/aromatic N) is 4. The molecule has 36 heavy (non-hydrogen) atoms. The van der Waals surface area contributed by atoms with Crippen LogP contribution in [-0.4, -0.2) is 53.7 Å². The number of sulfonamides is 1. The molecule has 3 rings (SSSR count). The fraction of sp³-hybridized carbons (Fsp3) is 0.391. The number of benzene rings is 1. The van der Waals surface area contributed by atoms with Gasteiger partial charge in [0.2, 0.25) is 10.0 Å². The quantitative estimate of drug-likeness (QED) is 0.408. The summed E-state index contributed by atoms with van der Waals surface area (Å²) >= 11 is 6.17. The lowest BCUT2D eigenvalue weighted by atomic mass is 10.0. The third kappa shape index (κ3) is 6.91. The summed E-state index contributed by atoms with van der Waals surface area (Å²) in [6, 6.07) is 0.238. The fourth-order valence-electron chi connectivity index (χ4n) is 3.13. The van der Waals surface area contributed by atoms with Crippen molar-refractivity contribution in [2.45, 2.75) is 45.6 Å². The maximum Gasteiger partial charge on any atom is 0.407 e. The van der Waals surface area contributed by atoms with Crippen LogP contribution in [0.25, 0.3) is 22.5 Å². The third-order valence-electron chi connectivity index (χ3n) is 4.71. The number of nitrogens with one attached hydrogen (secondary N) is 2. The molecule has 0 aliphatic carbocycles. The van der Waals surface area contributed by atoms with E-state index in [-0.39, 0.29) is 39.8 Å². The standard InChI is InChI=1S/C23H28ClFN6O4S/c1-13(2)31-12-17(18-8-9-26-20(28-18)7-6-14(3)27-23(32)35-4)22(29-31)16-10-15(24)11-19(21(16)25)30-36(5,33)34/h8-14,30H,6-7H2,1-5H3,(H,27,32)/t14-/m1/s1/i1D3,6D2,13D/t13?,14-. The Labute approximate surface area is 222 Å². The molecule has 2 aromatic heterocycles. The number of aromatic nitrogens is 4. The molecular formula is C23H28ClFN6O4S. The monoisotopic (exact) mass is 544 g/mol. The number of carbonyl (C=O) groups excluding carboxylic acids is 1. The van der Waals surface area contributed by atoms with Crippen LogP contribution in [0.5, 0.6) is 0 Å². The Morgan fingerprint density at radius 3 is 2.81 bits per heavy atom. The molecule has 194 valence electrons. The Bertz CT molecular complexity index is 1600. The molecule has 2 N–H and O–H groups in total. The largest absolute Gasteiger partial charge is 0.453 e. The van der Waals surface area contributed by atoms with Gasteiger partial charge in [0.25, 0.3) is 0 Å². The van der Waals surface area contributed by atoms with Crippen LogP contribution in [0.1, 0.15) is 47.1 Å². The predicted molar refractivity (Wildman–Crippen MR) is 136 cm³/mol. The van der Waals surface area contributed by atoms with Gasteiger partial charge in [-0.2, -0.15) is 5.10 Å². The van der Waals surface area contributed by atoms with Crippen LogP contribution < -0.4 is 10.0 Å². The van der Waals surface area contributed by atoms with Gasteiger partial charge in [0.15, 0.2) is 5.82 Å². The average molecular weight is 545 g/mol. The summed E-state index contributed by atoms with van der Waals surface area (Å²) in [6.45, 7) is -0.364. The lowest BCUT2D eigenvalue weighted by Gasteiger charge is -2.12. The molecule has 1 aromatic carbocycles. The second-order valence-corrected chi connectivity index (χ2v) is 9.89. The van der Waals surface area contributed by atoms with Crippen molar-refractivity contribution < 1.29 is 30.6 Å². The third-order valence-corrected chi connectivity index (χ3v) is 5.52. The van der Waals surface area contributed by atoms with E-state index in [1.54, 1.807) is 0 Å². The number of anilines is 1. The molecule has 0 spiro atoms. The highest BCUT2D eigenvalue weighted by Gasteiger charge is 2.22. The van der Waals surface area contributed by atoms with Crippen LogP contribution in [0.4, 0.5) is 14.9 Å². The number of rotatable bonds is 9. The number of aryl methyl sites for hydroxylation is 1. The summed E-state index contributed by atoms with van der Waals surface area (Å²) in [6.07, 6.45) is 0.0144. The van der Waals surface area contributed by atoms with E-state index in [1.165, 1.54) is 25.4 Å². The predicted octanol–water partition coefficient (Wildman–Crippen LogP) is 4.43. The molecule has 1 amide bonds. The second kappa shape index (κ2) is 11.2. The Kier molecular flexibility index (Phi) is 6.19. The van der Waals surface area contributed by atoms with Gasteiger partial charge in [-0.25, -0.2) is 27.6 Å². The molecule has 2 atom stereocenters. The van der Waals surface area contributed by atoms with Crippen LogP contribution in [0, 0.1) is 5.82 Å². The smallest absolute Gasteiger partial charge is 0.407 e. The Morgan fingerprint density at radius 2 is 2.14 bits per heavy atom. The van der Waals surface area contributed by atoms with Gasteiger partial charge in [0.05, 0.1) is 26.1 Å². The van der Waals surface area contributed by atoms with Crippen molar-refractivity contribution in [3.63, 3.8) is 0 Å². The van der Waals surface area contributed by atoms with Crippen molar-refractivity contribution in [2.24, 2.45) is 0 Å². The molecule has 2 heterocycles. The van der Waals surface area contributed by atoms with Crippen LogP contribution in [0.3, 0.4) is 0 Å². The van der Waals surface area contributed by atoms with E-state index in [0.29, 0.717) is 0 Å². The van der Waals surface area contributed by atoms with Crippen molar-refractivity contribution >= 4 is 33.4 Å². The van der Waals surface area contributed by atoms with Gasteiger partial charge in [-0.05, 0) is 45.3 Å². The summed E-state index contributed by atoms with van der Waals surface area (Å²) in [5, 5.41) is 6.48. The van der Waals surface area contributed by atoms with Gasteiger partial charge in [-0.1, -0.05) is 11.6 Å². The minimum atomic E-state index is -3.92. The SMILES string of the molecule is [2H]C([2H])(Cc1nccc(-c2cn(C([2H])(C)C([2H])([2H])[2H])nc2-c2cc(Cl)cc(NS(C)(=O)=O)c2F)n1)[C@@H](C)NC(=O)OC. The Balaban J connectivity index is 2.21. The molecule has 13 heteroatoms. The molecule has 0 saturated heterocycles. The number of ether oxygens (including phenoxy) is 1. The highest BCUT2D eigenvalue weighted by atomic mass is 35.5. The first-order valence-electron chi connectivity index (χ1n) is 13.4. The van der Waals surface area contributed by atoms with Crippen LogP contribution >= 0.6 is 11.6 Å². The van der Waals surface area contributed by atoms with Crippen molar-refractivity contribution in [1.29, 1.82) is 0 Å². The molecular weight excluding hydrogens is 511 g/mol. The number of methoxy groups -OCH3 is 1. The summed E-state index contributed by atoms with van der Waals surface area (Å²) in [5.74, 6) is -1.10. The lowest BCUT2D eigenvalue weighted by Crippen LogP contribution is -2.32. The number of alkyl carbamates (subject to hydrolysis) is 1. The number of hydrogen-bond acceptors (Lipinski definition) is 7. The normalized spacial score (nSPS) is 17.3. The van der Waals surface area contributed by atoms with Crippen molar-refractivity contribution in [1.82, 2.24) is 25.1 Å². The molecule has 0 saturated carbocycles. The minimum absolute atomic E-state index is 0.0224. The summed E-state index contributed by atoms with van der Waals surface area (Å²) in [7, 11) is -2.79. The topological polar surface area (TPSA) is 128 Å². The van der Waals surface area contributed by atoms with Crippen LogP contribution in [-0.2, 0) is 21.2 Å². The number of halogens is 2. The zero-order chi connectivity index (χ0) is 31.8. The molecule has 0 radical (unpaired) electrons. The molecule has 3 aromatic rings. The lowest BCUT2D eigenvalue weighted by molar-refractivity contribution is 0.167. The zero-order valence-corrected chi connectivity index (χ0v) is 21.3. The van der Waals surface area contributed by atoms with Crippen molar-refractivity contribution in [3.05, 3.63) is 47.3 Å². The van der Waals surface area contributed by atoms with Crippen LogP contribution in [0.2, 0.25) is 5.02 Å². The maximum absolute atomic E-state index is 15.7. The Hall–Kier alpha value is -3.25. The molecule has 0 aliphatic heterocycles. The summed E-state index contributed by atoms with van der Waals surface area (Å²) < 4.78 is 95.4. The van der Waals surface area contributed by atoms with Crippen LogP contribution in [0.15, 0.2) is 30.6 Å². The van der Waals surface area contributed by atoms with E-state index in [2.05, 4.69) is 25.1 Å². The first-order valence-corrected chi connectivity index (χ1v) is 12.7. The van der Waals surface area contributed by atoms with E-state index < -0.39 is 52.9 Å². The van der Waals surface area contributed by atoms with Gasteiger partial charge < -0.3 is 10.1 Å². The Morgan fingerprint density at radius 1 is 1.39 bits per heavy atom. The maximum atomic E-state index is 15.7. The van der Waals surface area contributed by atoms with E-state index in [0.717, 1.165) is 37.1 Å². The van der Waals surface area contributed by atoms with E-state index >= 15 is 4.39 Å². The highest BCUT2D eigenvalue weighted by Crippen LogP contribution is 2.37. The molecule has 10 nitrogen and oxygen atoms in total. The number of amides is 1. The molecule has 1 unspecified atom stereocenters. The van der Waals surface area contributed by atoms with E-state index in [4.69, 9.17) is 19.8 Å². The van der Waals surface area contributed by atoms with Gasteiger partial charge in [0, 0.05) is 53.9 Å².